The molecule has 2 aromatic heterocycles. The lowest BCUT2D eigenvalue weighted by atomic mass is 10.2. The number of nitrogens with zero attached hydrogens (tertiary/aromatic N) is 2. The lowest BCUT2D eigenvalue weighted by Gasteiger charge is -2.36. The minimum atomic E-state index is -1.96. The van der Waals surface area contributed by atoms with Gasteiger partial charge in [-0.25, -0.2) is 9.67 Å². The summed E-state index contributed by atoms with van der Waals surface area (Å²) in [4.78, 5) is 16.4. The van der Waals surface area contributed by atoms with E-state index in [2.05, 4.69) is 43.9 Å². The maximum absolute atomic E-state index is 12.2. The number of rotatable bonds is 6. The zero-order chi connectivity index (χ0) is 21.9. The Hall–Kier alpha value is -3.06. The predicted octanol–water partition coefficient (Wildman–Crippen LogP) is 5.12. The van der Waals surface area contributed by atoms with Gasteiger partial charge in [-0.3, -0.25) is 9.89 Å². The zero-order valence-electron chi connectivity index (χ0n) is 18.4. The minimum Gasteiger partial charge on any atom is -0.541 e. The van der Waals surface area contributed by atoms with Gasteiger partial charge in [0, 0.05) is 12.3 Å². The van der Waals surface area contributed by atoms with Crippen LogP contribution in [0.3, 0.4) is 0 Å². The van der Waals surface area contributed by atoms with Crippen molar-refractivity contribution in [3.63, 3.8) is 0 Å². The summed E-state index contributed by atoms with van der Waals surface area (Å²) in [5.74, 6) is 2.01. The van der Waals surface area contributed by atoms with Crippen LogP contribution in [0.2, 0.25) is 18.1 Å². The fourth-order valence-electron chi connectivity index (χ4n) is 2.64. The monoisotopic (exact) mass is 423 g/mol. The number of pyridine rings is 1. The van der Waals surface area contributed by atoms with E-state index in [0.29, 0.717) is 17.3 Å². The summed E-state index contributed by atoms with van der Waals surface area (Å²) >= 11 is 0. The van der Waals surface area contributed by atoms with E-state index in [1.165, 1.54) is 10.7 Å². The molecule has 0 bridgehead atoms. The number of ether oxygens (including phenoxy) is 1. The quantitative estimate of drug-likeness (QED) is 0.559. The summed E-state index contributed by atoms with van der Waals surface area (Å²) in [6.45, 7) is 11.0. The van der Waals surface area contributed by atoms with E-state index in [0.717, 1.165) is 11.3 Å². The number of aromatic nitrogens is 3. The largest absolute Gasteiger partial charge is 0.541 e. The van der Waals surface area contributed by atoms with E-state index >= 15 is 0 Å². The van der Waals surface area contributed by atoms with Crippen LogP contribution in [0.25, 0.3) is 18.0 Å². The Balaban J connectivity index is 1.83. The van der Waals surface area contributed by atoms with E-state index in [9.17, 15) is 4.79 Å². The van der Waals surface area contributed by atoms with Crippen LogP contribution in [0.5, 0.6) is 11.5 Å². The molecule has 7 heteroatoms. The van der Waals surface area contributed by atoms with Crippen molar-refractivity contribution in [2.24, 2.45) is 0 Å². The van der Waals surface area contributed by atoms with E-state index in [1.807, 2.05) is 42.5 Å². The third-order valence-corrected chi connectivity index (χ3v) is 9.78. The molecular weight excluding hydrogens is 394 g/mol. The molecule has 3 rings (SSSR count). The van der Waals surface area contributed by atoms with Crippen LogP contribution >= 0.6 is 0 Å². The fraction of sp³-hybridized carbons (Fsp3) is 0.304. The first kappa shape index (κ1) is 21.6. The highest BCUT2D eigenvalue weighted by Gasteiger charge is 2.39. The number of nitrogens with one attached hydrogen (secondary N) is 1. The number of benzene rings is 1. The van der Waals surface area contributed by atoms with Crippen molar-refractivity contribution >= 4 is 20.5 Å². The predicted molar refractivity (Wildman–Crippen MR) is 124 cm³/mol. The van der Waals surface area contributed by atoms with Gasteiger partial charge in [0.2, 0.25) is 0 Å². The molecule has 1 N–H and O–H groups in total. The molecule has 158 valence electrons. The average Bonchev–Trinajstić information content (AvgIpc) is 3.07. The molecule has 6 nitrogen and oxygen atoms in total. The summed E-state index contributed by atoms with van der Waals surface area (Å²) in [6.07, 6.45) is 5.43. The number of aromatic amines is 1. The topological polar surface area (TPSA) is 69.1 Å². The molecule has 30 heavy (non-hydrogen) atoms. The highest BCUT2D eigenvalue weighted by atomic mass is 28.4. The first-order chi connectivity index (χ1) is 14.1. The van der Waals surface area contributed by atoms with Gasteiger partial charge < -0.3 is 9.16 Å². The molecule has 2 heterocycles. The Morgan fingerprint density at radius 1 is 1.07 bits per heavy atom. The summed E-state index contributed by atoms with van der Waals surface area (Å²) in [5, 5.41) is 3.16. The summed E-state index contributed by atoms with van der Waals surface area (Å²) in [7, 11) is -0.320. The van der Waals surface area contributed by atoms with Gasteiger partial charge in [0.1, 0.15) is 5.75 Å². The Kier molecular flexibility index (Phi) is 6.03. The first-order valence-corrected chi connectivity index (χ1v) is 12.8. The van der Waals surface area contributed by atoms with Gasteiger partial charge in [-0.15, -0.1) is 0 Å². The maximum atomic E-state index is 12.2. The van der Waals surface area contributed by atoms with Crippen molar-refractivity contribution in [2.45, 2.75) is 38.9 Å². The van der Waals surface area contributed by atoms with Gasteiger partial charge in [-0.05, 0) is 54.0 Å². The highest BCUT2D eigenvalue weighted by Crippen LogP contribution is 2.40. The molecule has 0 radical (unpaired) electrons. The lowest BCUT2D eigenvalue weighted by molar-refractivity contribution is 0.386. The van der Waals surface area contributed by atoms with Crippen LogP contribution in [-0.4, -0.2) is 30.2 Å². The standard InChI is InChI=1S/C23H29N3O3Si/c1-23(2,3)30(5,6)29-19-13-11-17(15-20(19)28-4)10-12-18-16-22(27)26(25-18)21-9-7-8-14-24-21/h7-16,25H,1-6H3/b12-10+. The van der Waals surface area contributed by atoms with Crippen LogP contribution in [0, 0.1) is 0 Å². The molecule has 0 aliphatic rings. The molecule has 0 saturated carbocycles. The molecule has 1 aromatic carbocycles. The van der Waals surface area contributed by atoms with Gasteiger partial charge in [0.15, 0.2) is 11.6 Å². The molecule has 3 aromatic rings. The summed E-state index contributed by atoms with van der Waals surface area (Å²) < 4.78 is 13.4. The lowest BCUT2D eigenvalue weighted by Crippen LogP contribution is -2.43. The highest BCUT2D eigenvalue weighted by molar-refractivity contribution is 6.74. The van der Waals surface area contributed by atoms with Gasteiger partial charge in [0.25, 0.3) is 13.9 Å². The maximum Gasteiger partial charge on any atom is 0.273 e. The van der Waals surface area contributed by atoms with Crippen LogP contribution in [0.4, 0.5) is 0 Å². The van der Waals surface area contributed by atoms with Gasteiger partial charge in [-0.1, -0.05) is 39.0 Å². The Morgan fingerprint density at radius 2 is 1.83 bits per heavy atom. The molecule has 0 spiro atoms. The van der Waals surface area contributed by atoms with Crippen LogP contribution in [0.1, 0.15) is 32.0 Å². The normalized spacial score (nSPS) is 12.3. The van der Waals surface area contributed by atoms with Crippen molar-refractivity contribution < 1.29 is 9.16 Å². The first-order valence-electron chi connectivity index (χ1n) is 9.89. The number of hydrogen-bond acceptors (Lipinski definition) is 4. The van der Waals surface area contributed by atoms with E-state index in [-0.39, 0.29) is 10.6 Å². The minimum absolute atomic E-state index is 0.100. The molecule has 0 amide bonds. The SMILES string of the molecule is COc1cc(/C=C/c2cc(=O)n(-c3ccccn3)[nH]2)ccc1O[Si](C)(C)C(C)(C)C. The van der Waals surface area contributed by atoms with E-state index < -0.39 is 8.32 Å². The summed E-state index contributed by atoms with van der Waals surface area (Å²) in [6, 6.07) is 12.8. The Labute approximate surface area is 178 Å². The zero-order valence-corrected chi connectivity index (χ0v) is 19.4. The smallest absolute Gasteiger partial charge is 0.273 e. The van der Waals surface area contributed by atoms with Crippen LogP contribution in [0.15, 0.2) is 53.5 Å². The summed E-state index contributed by atoms with van der Waals surface area (Å²) in [5.41, 5.74) is 1.47. The number of hydrogen-bond donors (Lipinski definition) is 1. The van der Waals surface area contributed by atoms with Crippen molar-refractivity contribution in [3.05, 3.63) is 70.3 Å². The Bertz CT molecular complexity index is 1090. The average molecular weight is 424 g/mol. The molecular formula is C23H29N3O3Si. The van der Waals surface area contributed by atoms with Gasteiger partial charge in [-0.2, -0.15) is 0 Å². The van der Waals surface area contributed by atoms with Crippen molar-refractivity contribution in [3.8, 4) is 17.3 Å². The van der Waals surface area contributed by atoms with Crippen molar-refractivity contribution in [1.29, 1.82) is 0 Å². The Morgan fingerprint density at radius 3 is 2.47 bits per heavy atom. The van der Waals surface area contributed by atoms with E-state index in [1.54, 1.807) is 19.4 Å². The fourth-order valence-corrected chi connectivity index (χ4v) is 3.67. The van der Waals surface area contributed by atoms with Crippen LogP contribution < -0.4 is 14.7 Å². The second-order valence-electron chi connectivity index (χ2n) is 8.68. The second kappa shape index (κ2) is 8.35. The molecule has 0 unspecified atom stereocenters. The van der Waals surface area contributed by atoms with E-state index in [4.69, 9.17) is 9.16 Å². The molecule has 0 saturated heterocycles. The molecule has 0 atom stereocenters. The number of methoxy groups -OCH3 is 1. The molecule has 0 aliphatic carbocycles. The van der Waals surface area contributed by atoms with Gasteiger partial charge >= 0.3 is 0 Å². The third-order valence-electron chi connectivity index (χ3n) is 5.43. The third kappa shape index (κ3) is 4.73. The molecule has 0 aliphatic heterocycles. The van der Waals surface area contributed by atoms with Gasteiger partial charge in [0.05, 0.1) is 12.8 Å². The van der Waals surface area contributed by atoms with Crippen LogP contribution in [-0.2, 0) is 0 Å². The number of H-pyrrole nitrogens is 1. The van der Waals surface area contributed by atoms with Crippen molar-refractivity contribution in [1.82, 2.24) is 14.8 Å². The second-order valence-corrected chi connectivity index (χ2v) is 13.4. The molecule has 0 fully saturated rings. The van der Waals surface area contributed by atoms with Crippen molar-refractivity contribution in [2.75, 3.05) is 7.11 Å².